The van der Waals surface area contributed by atoms with Crippen LogP contribution in [0.3, 0.4) is 0 Å². The molecule has 10 heteroatoms. The fourth-order valence-electron chi connectivity index (χ4n) is 6.31. The molecule has 0 aliphatic carbocycles. The van der Waals surface area contributed by atoms with Crippen LogP contribution in [0.25, 0.3) is 11.1 Å². The number of ether oxygens (including phenoxy) is 4. The molecule has 0 aliphatic heterocycles. The quantitative estimate of drug-likeness (QED) is 0.0251. The lowest BCUT2D eigenvalue weighted by molar-refractivity contribution is -0.144. The summed E-state index contributed by atoms with van der Waals surface area (Å²) in [5.41, 5.74) is 5.42. The third-order valence-electron chi connectivity index (χ3n) is 9.31. The van der Waals surface area contributed by atoms with Gasteiger partial charge in [-0.2, -0.15) is 0 Å². The van der Waals surface area contributed by atoms with Crippen molar-refractivity contribution >= 4 is 46.6 Å². The number of carbonyl (C=O) groups is 6. The van der Waals surface area contributed by atoms with E-state index in [0.29, 0.717) is 74.4 Å². The molecule has 0 spiro atoms. The highest BCUT2D eigenvalue weighted by atomic mass is 16.5. The van der Waals surface area contributed by atoms with Crippen LogP contribution in [0.4, 0.5) is 0 Å². The number of rotatable bonds is 22. The molecule has 304 valence electrons. The summed E-state index contributed by atoms with van der Waals surface area (Å²) in [6.07, 6.45) is 2.52. The number of allylic oxidation sites excluding steroid dienone is 2. The van der Waals surface area contributed by atoms with Gasteiger partial charge in [-0.3, -0.25) is 28.8 Å². The Hall–Kier alpha value is -6.16. The zero-order valence-electron chi connectivity index (χ0n) is 33.8. The van der Waals surface area contributed by atoms with Gasteiger partial charge in [0.1, 0.15) is 0 Å². The first-order chi connectivity index (χ1) is 28.1. The van der Waals surface area contributed by atoms with Crippen molar-refractivity contribution in [2.45, 2.75) is 79.1 Å². The minimum absolute atomic E-state index is 0.173. The van der Waals surface area contributed by atoms with E-state index in [1.807, 2.05) is 24.3 Å². The van der Waals surface area contributed by atoms with Crippen molar-refractivity contribution in [1.82, 2.24) is 0 Å². The molecule has 0 bridgehead atoms. The van der Waals surface area contributed by atoms with Crippen LogP contribution in [0.5, 0.6) is 0 Å². The summed E-state index contributed by atoms with van der Waals surface area (Å²) in [4.78, 5) is 77.9. The Kier molecular flexibility index (Phi) is 17.8. The summed E-state index contributed by atoms with van der Waals surface area (Å²) in [5, 5.41) is 0. The maximum atomic E-state index is 14.9. The predicted octanol–water partition coefficient (Wildman–Crippen LogP) is 8.35. The zero-order chi connectivity index (χ0) is 41.9. The normalized spacial score (nSPS) is 11.2. The van der Waals surface area contributed by atoms with E-state index >= 15 is 0 Å². The highest BCUT2D eigenvalue weighted by Crippen LogP contribution is 2.34. The number of aryl methyl sites for hydroxylation is 4. The fraction of sp³-hybridized carbons (Fsp3) is 0.333. The van der Waals surface area contributed by atoms with Crippen molar-refractivity contribution < 1.29 is 47.7 Å². The van der Waals surface area contributed by atoms with Crippen LogP contribution in [0.15, 0.2) is 97.1 Å². The van der Waals surface area contributed by atoms with Crippen LogP contribution >= 0.6 is 0 Å². The van der Waals surface area contributed by atoms with Crippen molar-refractivity contribution in [3.05, 3.63) is 142 Å². The first kappa shape index (κ1) is 44.6. The van der Waals surface area contributed by atoms with Gasteiger partial charge in [-0.1, -0.05) is 97.1 Å². The summed E-state index contributed by atoms with van der Waals surface area (Å²) in [7, 11) is 0. The van der Waals surface area contributed by atoms with E-state index in [1.165, 1.54) is 0 Å². The molecule has 0 heterocycles. The van der Waals surface area contributed by atoms with Crippen LogP contribution in [0.2, 0.25) is 0 Å². The van der Waals surface area contributed by atoms with Crippen molar-refractivity contribution in [2.75, 3.05) is 26.4 Å². The molecule has 0 aromatic heterocycles. The largest absolute Gasteiger partial charge is 0.466 e. The molecule has 4 aromatic rings. The molecule has 0 amide bonds. The SMILES string of the molecule is CCOC(=O)CCc1ccc(C(=O)/C(=C(\C(=O)c2ccc(CCC(=O)OCC)cc2)c2ccc(CCC(=O)OCC)cc2)c2ccc(CCC(=O)OCC)cc2)cc1. The molecular formula is C48H52O10. The average Bonchev–Trinajstić information content (AvgIpc) is 3.23. The van der Waals surface area contributed by atoms with Crippen LogP contribution < -0.4 is 0 Å². The van der Waals surface area contributed by atoms with Crippen molar-refractivity contribution in [3.63, 3.8) is 0 Å². The maximum Gasteiger partial charge on any atom is 0.306 e. The van der Waals surface area contributed by atoms with Crippen LogP contribution in [0, 0.1) is 0 Å². The molecule has 0 fully saturated rings. The van der Waals surface area contributed by atoms with Gasteiger partial charge in [0.15, 0.2) is 11.6 Å². The van der Waals surface area contributed by atoms with E-state index < -0.39 is 11.6 Å². The van der Waals surface area contributed by atoms with E-state index in [1.54, 1.807) is 100 Å². The molecule has 0 atom stereocenters. The van der Waals surface area contributed by atoms with Crippen molar-refractivity contribution in [3.8, 4) is 0 Å². The van der Waals surface area contributed by atoms with Gasteiger partial charge in [0.25, 0.3) is 0 Å². The standard InChI is InChI=1S/C48H52O10/c1-5-55-41(49)29-17-33-9-21-37(22-10-33)45(47(53)39-25-13-35(14-26-39)19-31-43(51)57-7-3)46(38-23-11-34(12-24-38)18-30-42(50)56-6-2)48(54)40-27-15-36(16-28-40)20-32-44(52)58-8-4/h9-16,21-28H,5-8,17-20,29-32H2,1-4H3/b46-45-. The lowest BCUT2D eigenvalue weighted by atomic mass is 9.84. The molecule has 0 N–H and O–H groups in total. The fourth-order valence-corrected chi connectivity index (χ4v) is 6.31. The first-order valence-corrected chi connectivity index (χ1v) is 19.9. The topological polar surface area (TPSA) is 139 Å². The van der Waals surface area contributed by atoms with Gasteiger partial charge in [-0.15, -0.1) is 0 Å². The van der Waals surface area contributed by atoms with Gasteiger partial charge < -0.3 is 18.9 Å². The molecule has 4 aromatic carbocycles. The summed E-state index contributed by atoms with van der Waals surface area (Å²) in [5.74, 6) is -2.01. The van der Waals surface area contributed by atoms with Gasteiger partial charge in [0.05, 0.1) is 26.4 Å². The Morgan fingerprint density at radius 1 is 0.328 bits per heavy atom. The monoisotopic (exact) mass is 788 g/mol. The predicted molar refractivity (Wildman–Crippen MR) is 221 cm³/mol. The van der Waals surface area contributed by atoms with Gasteiger partial charge in [-0.25, -0.2) is 0 Å². The number of esters is 4. The van der Waals surface area contributed by atoms with E-state index in [-0.39, 0.29) is 60.7 Å². The molecule has 4 rings (SSSR count). The number of hydrogen-bond donors (Lipinski definition) is 0. The minimum atomic E-state index is -0.392. The minimum Gasteiger partial charge on any atom is -0.466 e. The van der Waals surface area contributed by atoms with Crippen molar-refractivity contribution in [1.29, 1.82) is 0 Å². The van der Waals surface area contributed by atoms with E-state index in [9.17, 15) is 28.8 Å². The molecule has 58 heavy (non-hydrogen) atoms. The third-order valence-corrected chi connectivity index (χ3v) is 9.31. The number of benzene rings is 4. The Morgan fingerprint density at radius 3 is 0.741 bits per heavy atom. The smallest absolute Gasteiger partial charge is 0.306 e. The molecule has 0 saturated heterocycles. The first-order valence-electron chi connectivity index (χ1n) is 19.9. The second-order valence-electron chi connectivity index (χ2n) is 13.4. The maximum absolute atomic E-state index is 14.9. The lowest BCUT2D eigenvalue weighted by Gasteiger charge is -2.17. The van der Waals surface area contributed by atoms with Gasteiger partial charge >= 0.3 is 23.9 Å². The Bertz CT molecular complexity index is 1890. The summed E-state index contributed by atoms with van der Waals surface area (Å²) in [6.45, 7) is 8.19. The van der Waals surface area contributed by atoms with Crippen LogP contribution in [0.1, 0.15) is 107 Å². The van der Waals surface area contributed by atoms with E-state index in [2.05, 4.69) is 0 Å². The summed E-state index contributed by atoms with van der Waals surface area (Å²) in [6, 6.07) is 28.4. The molecule has 0 unspecified atom stereocenters. The lowest BCUT2D eigenvalue weighted by Crippen LogP contribution is -2.13. The number of carbonyl (C=O) groups excluding carboxylic acids is 6. The second-order valence-corrected chi connectivity index (χ2v) is 13.4. The van der Waals surface area contributed by atoms with Crippen LogP contribution in [-0.4, -0.2) is 61.9 Å². The number of hydrogen-bond acceptors (Lipinski definition) is 10. The van der Waals surface area contributed by atoms with Gasteiger partial charge in [-0.05, 0) is 86.8 Å². The third kappa shape index (κ3) is 13.5. The number of Topliss-reactive ketones (excluding diaryl/α,β-unsaturated/α-hetero) is 2. The summed E-state index contributed by atoms with van der Waals surface area (Å²) < 4.78 is 20.3. The Balaban J connectivity index is 1.83. The Morgan fingerprint density at radius 2 is 0.534 bits per heavy atom. The molecule has 0 saturated carbocycles. The molecule has 0 radical (unpaired) electrons. The van der Waals surface area contributed by atoms with Gasteiger partial charge in [0.2, 0.25) is 0 Å². The highest BCUT2D eigenvalue weighted by Gasteiger charge is 2.27. The highest BCUT2D eigenvalue weighted by molar-refractivity contribution is 6.46. The molecule has 10 nitrogen and oxygen atoms in total. The zero-order valence-corrected chi connectivity index (χ0v) is 33.8. The summed E-state index contributed by atoms with van der Waals surface area (Å²) >= 11 is 0. The molecular weight excluding hydrogens is 737 g/mol. The van der Waals surface area contributed by atoms with Crippen molar-refractivity contribution in [2.24, 2.45) is 0 Å². The average molecular weight is 789 g/mol. The Labute approximate surface area is 340 Å². The number of ketones is 2. The molecule has 0 aliphatic rings. The van der Waals surface area contributed by atoms with Gasteiger partial charge in [0, 0.05) is 48.0 Å². The van der Waals surface area contributed by atoms with Crippen LogP contribution in [-0.2, 0) is 63.8 Å². The van der Waals surface area contributed by atoms with E-state index in [0.717, 1.165) is 22.3 Å². The van der Waals surface area contributed by atoms with E-state index in [4.69, 9.17) is 18.9 Å². The second kappa shape index (κ2) is 23.2.